The van der Waals surface area contributed by atoms with Crippen molar-refractivity contribution in [1.29, 1.82) is 0 Å². The Hall–Kier alpha value is -1.92. The number of nitrogen functional groups attached to an aromatic ring is 1. The number of anilines is 1. The number of benzene rings is 1. The molecule has 0 unspecified atom stereocenters. The Balaban J connectivity index is 3.02. The van der Waals surface area contributed by atoms with Crippen LogP contribution in [0, 0.1) is 0 Å². The summed E-state index contributed by atoms with van der Waals surface area (Å²) >= 11 is 0. The van der Waals surface area contributed by atoms with Gasteiger partial charge in [-0.1, -0.05) is 6.92 Å². The molecular formula is C14H19F3N2O2. The first-order valence-electron chi connectivity index (χ1n) is 6.66. The molecule has 1 amide bonds. The van der Waals surface area contributed by atoms with E-state index in [1.807, 2.05) is 0 Å². The summed E-state index contributed by atoms with van der Waals surface area (Å²) in [7, 11) is 0. The van der Waals surface area contributed by atoms with E-state index in [1.54, 1.807) is 13.8 Å². The molecule has 7 heteroatoms. The monoisotopic (exact) mass is 304 g/mol. The molecule has 2 N–H and O–H groups in total. The van der Waals surface area contributed by atoms with Gasteiger partial charge in [0.2, 0.25) is 0 Å². The van der Waals surface area contributed by atoms with Crippen molar-refractivity contribution in [2.75, 3.05) is 25.4 Å². The van der Waals surface area contributed by atoms with E-state index >= 15 is 0 Å². The SMILES string of the molecule is CCCN(CC(F)(F)F)C(=O)c1cc(N)cc(OCC)c1. The third-order valence-electron chi connectivity index (χ3n) is 2.64. The number of hydrogen-bond donors (Lipinski definition) is 1. The highest BCUT2D eigenvalue weighted by atomic mass is 19.4. The van der Waals surface area contributed by atoms with Crippen LogP contribution in [0.2, 0.25) is 0 Å². The topological polar surface area (TPSA) is 55.6 Å². The predicted molar refractivity (Wildman–Crippen MR) is 74.3 cm³/mol. The van der Waals surface area contributed by atoms with Crippen LogP contribution in [0.3, 0.4) is 0 Å². The molecule has 0 heterocycles. The molecule has 0 radical (unpaired) electrons. The van der Waals surface area contributed by atoms with E-state index < -0.39 is 18.6 Å². The van der Waals surface area contributed by atoms with Crippen LogP contribution in [-0.4, -0.2) is 36.7 Å². The van der Waals surface area contributed by atoms with Crippen LogP contribution in [0.5, 0.6) is 5.75 Å². The van der Waals surface area contributed by atoms with E-state index in [-0.39, 0.29) is 17.8 Å². The second-order valence-corrected chi connectivity index (χ2v) is 4.57. The highest BCUT2D eigenvalue weighted by Crippen LogP contribution is 2.22. The molecule has 118 valence electrons. The maximum atomic E-state index is 12.5. The van der Waals surface area contributed by atoms with Crippen molar-refractivity contribution >= 4 is 11.6 Å². The van der Waals surface area contributed by atoms with Gasteiger partial charge < -0.3 is 15.4 Å². The lowest BCUT2D eigenvalue weighted by Gasteiger charge is -2.23. The number of alkyl halides is 3. The molecule has 0 atom stereocenters. The number of ether oxygens (including phenoxy) is 1. The molecule has 1 aromatic carbocycles. The molecule has 0 saturated heterocycles. The van der Waals surface area contributed by atoms with Gasteiger partial charge in [0.15, 0.2) is 0 Å². The molecule has 21 heavy (non-hydrogen) atoms. The summed E-state index contributed by atoms with van der Waals surface area (Å²) in [6.07, 6.45) is -4.00. The van der Waals surface area contributed by atoms with Crippen molar-refractivity contribution in [2.24, 2.45) is 0 Å². The summed E-state index contributed by atoms with van der Waals surface area (Å²) in [5.41, 5.74) is 6.02. The number of rotatable bonds is 6. The Morgan fingerprint density at radius 3 is 2.48 bits per heavy atom. The summed E-state index contributed by atoms with van der Waals surface area (Å²) < 4.78 is 42.9. The van der Waals surface area contributed by atoms with Crippen molar-refractivity contribution in [1.82, 2.24) is 4.90 Å². The van der Waals surface area contributed by atoms with E-state index in [0.29, 0.717) is 18.8 Å². The Morgan fingerprint density at radius 2 is 1.95 bits per heavy atom. The zero-order chi connectivity index (χ0) is 16.0. The quantitative estimate of drug-likeness (QED) is 0.822. The number of amides is 1. The molecular weight excluding hydrogens is 285 g/mol. The summed E-state index contributed by atoms with van der Waals surface area (Å²) in [6, 6.07) is 4.28. The molecule has 4 nitrogen and oxygen atoms in total. The molecule has 1 aromatic rings. The van der Waals surface area contributed by atoms with Crippen molar-refractivity contribution in [2.45, 2.75) is 26.4 Å². The van der Waals surface area contributed by atoms with Crippen LogP contribution >= 0.6 is 0 Å². The van der Waals surface area contributed by atoms with Gasteiger partial charge in [-0.05, 0) is 25.5 Å². The summed E-state index contributed by atoms with van der Waals surface area (Å²) in [4.78, 5) is 13.0. The van der Waals surface area contributed by atoms with E-state index in [0.717, 1.165) is 4.90 Å². The van der Waals surface area contributed by atoms with Gasteiger partial charge in [-0.15, -0.1) is 0 Å². The van der Waals surface area contributed by atoms with Gasteiger partial charge in [0.25, 0.3) is 5.91 Å². The van der Waals surface area contributed by atoms with Crippen LogP contribution < -0.4 is 10.5 Å². The van der Waals surface area contributed by atoms with Gasteiger partial charge in [-0.2, -0.15) is 13.2 Å². The van der Waals surface area contributed by atoms with Crippen LogP contribution in [-0.2, 0) is 0 Å². The first-order chi connectivity index (χ1) is 9.76. The Morgan fingerprint density at radius 1 is 1.29 bits per heavy atom. The Kier molecular flexibility index (Phi) is 5.87. The number of halogens is 3. The fraction of sp³-hybridized carbons (Fsp3) is 0.500. The number of hydrogen-bond acceptors (Lipinski definition) is 3. The lowest BCUT2D eigenvalue weighted by molar-refractivity contribution is -0.140. The fourth-order valence-electron chi connectivity index (χ4n) is 1.92. The lowest BCUT2D eigenvalue weighted by atomic mass is 10.1. The number of nitrogens with zero attached hydrogens (tertiary/aromatic N) is 1. The highest BCUT2D eigenvalue weighted by Gasteiger charge is 2.33. The first-order valence-corrected chi connectivity index (χ1v) is 6.66. The van der Waals surface area contributed by atoms with Gasteiger partial charge >= 0.3 is 6.18 Å². The van der Waals surface area contributed by atoms with Gasteiger partial charge in [0.05, 0.1) is 6.61 Å². The molecule has 0 aliphatic carbocycles. The van der Waals surface area contributed by atoms with Gasteiger partial charge in [-0.3, -0.25) is 4.79 Å². The first kappa shape index (κ1) is 17.1. The largest absolute Gasteiger partial charge is 0.494 e. The summed E-state index contributed by atoms with van der Waals surface area (Å²) in [5, 5.41) is 0. The minimum absolute atomic E-state index is 0.0249. The number of carbonyl (C=O) groups excluding carboxylic acids is 1. The summed E-state index contributed by atoms with van der Waals surface area (Å²) in [6.45, 7) is 2.59. The predicted octanol–water partition coefficient (Wildman–Crippen LogP) is 3.08. The smallest absolute Gasteiger partial charge is 0.406 e. The number of nitrogens with two attached hydrogens (primary N) is 1. The molecule has 0 fully saturated rings. The average molecular weight is 304 g/mol. The Bertz CT molecular complexity index is 490. The maximum Gasteiger partial charge on any atom is 0.406 e. The Labute approximate surface area is 121 Å². The van der Waals surface area contributed by atoms with E-state index in [9.17, 15) is 18.0 Å². The lowest BCUT2D eigenvalue weighted by Crippen LogP contribution is -2.39. The summed E-state index contributed by atoms with van der Waals surface area (Å²) in [5.74, 6) is -0.341. The molecule has 0 bridgehead atoms. The molecule has 0 aliphatic heterocycles. The molecule has 1 rings (SSSR count). The van der Waals surface area contributed by atoms with Crippen molar-refractivity contribution in [3.05, 3.63) is 23.8 Å². The van der Waals surface area contributed by atoms with Gasteiger partial charge in [-0.25, -0.2) is 0 Å². The van der Waals surface area contributed by atoms with Gasteiger partial charge in [0.1, 0.15) is 12.3 Å². The second-order valence-electron chi connectivity index (χ2n) is 4.57. The van der Waals surface area contributed by atoms with Crippen molar-refractivity contribution < 1.29 is 22.7 Å². The van der Waals surface area contributed by atoms with Gasteiger partial charge in [0, 0.05) is 23.9 Å². The third kappa shape index (κ3) is 5.53. The normalized spacial score (nSPS) is 11.3. The number of carbonyl (C=O) groups is 1. The van der Waals surface area contributed by atoms with Crippen LogP contribution in [0.1, 0.15) is 30.6 Å². The minimum atomic E-state index is -4.44. The molecule has 0 spiro atoms. The van der Waals surface area contributed by atoms with Crippen molar-refractivity contribution in [3.63, 3.8) is 0 Å². The highest BCUT2D eigenvalue weighted by molar-refractivity contribution is 5.95. The van der Waals surface area contributed by atoms with Crippen LogP contribution in [0.25, 0.3) is 0 Å². The third-order valence-corrected chi connectivity index (χ3v) is 2.64. The van der Waals surface area contributed by atoms with E-state index in [2.05, 4.69) is 0 Å². The standard InChI is InChI=1S/C14H19F3N2O2/c1-3-5-19(9-14(15,16)17)13(20)10-6-11(18)8-12(7-10)21-4-2/h6-8H,3-5,9,18H2,1-2H3. The molecule has 0 saturated carbocycles. The molecule has 0 aliphatic rings. The average Bonchev–Trinajstić information content (AvgIpc) is 2.35. The fourth-order valence-corrected chi connectivity index (χ4v) is 1.92. The van der Waals surface area contributed by atoms with Crippen LogP contribution in [0.4, 0.5) is 18.9 Å². The minimum Gasteiger partial charge on any atom is -0.494 e. The second kappa shape index (κ2) is 7.19. The zero-order valence-electron chi connectivity index (χ0n) is 12.0. The maximum absolute atomic E-state index is 12.5. The van der Waals surface area contributed by atoms with E-state index in [4.69, 9.17) is 10.5 Å². The van der Waals surface area contributed by atoms with E-state index in [1.165, 1.54) is 18.2 Å². The molecule has 0 aromatic heterocycles. The zero-order valence-corrected chi connectivity index (χ0v) is 12.0. The van der Waals surface area contributed by atoms with Crippen LogP contribution in [0.15, 0.2) is 18.2 Å². The van der Waals surface area contributed by atoms with Crippen molar-refractivity contribution in [3.8, 4) is 5.75 Å².